The van der Waals surface area contributed by atoms with Crippen molar-refractivity contribution in [2.45, 2.75) is 45.1 Å². The maximum absolute atomic E-state index is 5.97. The average Bonchev–Trinajstić information content (AvgIpc) is 2.36. The predicted molar refractivity (Wildman–Crippen MR) is 71.3 cm³/mol. The van der Waals surface area contributed by atoms with Crippen molar-refractivity contribution in [3.8, 4) is 0 Å². The Morgan fingerprint density at radius 1 is 1.35 bits per heavy atom. The predicted octanol–water partition coefficient (Wildman–Crippen LogP) is 2.91. The normalized spacial score (nSPS) is 22.4. The van der Waals surface area contributed by atoms with Crippen LogP contribution in [-0.2, 0) is 4.74 Å². The molecule has 0 spiro atoms. The van der Waals surface area contributed by atoms with Gasteiger partial charge < -0.3 is 10.5 Å². The maximum atomic E-state index is 5.97. The van der Waals surface area contributed by atoms with Gasteiger partial charge in [-0.2, -0.15) is 0 Å². The lowest BCUT2D eigenvalue weighted by Crippen LogP contribution is -2.31. The minimum absolute atomic E-state index is 0.314. The topological polar surface area (TPSA) is 35.2 Å². The Hall–Kier alpha value is -0.860. The van der Waals surface area contributed by atoms with E-state index < -0.39 is 0 Å². The van der Waals surface area contributed by atoms with Gasteiger partial charge in [-0.1, -0.05) is 23.8 Å². The largest absolute Gasteiger partial charge is 0.378 e. The molecule has 2 nitrogen and oxygen atoms in total. The first-order chi connectivity index (χ1) is 8.22. The van der Waals surface area contributed by atoms with Crippen molar-refractivity contribution in [1.29, 1.82) is 0 Å². The average molecular weight is 233 g/mol. The number of ether oxygens (including phenoxy) is 1. The van der Waals surface area contributed by atoms with E-state index in [1.165, 1.54) is 29.5 Å². The molecular formula is C15H23NO. The molecular weight excluding hydrogens is 210 g/mol. The van der Waals surface area contributed by atoms with Crippen LogP contribution in [0.5, 0.6) is 0 Å². The number of benzene rings is 1. The fourth-order valence-electron chi connectivity index (χ4n) is 2.72. The number of rotatable bonds is 3. The second-order valence-corrected chi connectivity index (χ2v) is 5.11. The van der Waals surface area contributed by atoms with Gasteiger partial charge in [0.05, 0.1) is 6.10 Å². The quantitative estimate of drug-likeness (QED) is 0.871. The minimum Gasteiger partial charge on any atom is -0.378 e. The summed E-state index contributed by atoms with van der Waals surface area (Å²) in [5.74, 6) is 0.357. The molecule has 1 fully saturated rings. The standard InChI is InChI=1S/C15H23NO/c1-11-6-7-12(2)13(9-11)14(10-16)15-5-3-4-8-17-15/h6-7,9,14-15H,3-5,8,10,16H2,1-2H3. The van der Waals surface area contributed by atoms with Crippen molar-refractivity contribution in [2.24, 2.45) is 5.73 Å². The molecule has 1 aliphatic rings. The number of aryl methyl sites for hydroxylation is 2. The fraction of sp³-hybridized carbons (Fsp3) is 0.600. The summed E-state index contributed by atoms with van der Waals surface area (Å²) in [5, 5.41) is 0. The monoisotopic (exact) mass is 233 g/mol. The molecule has 1 saturated heterocycles. The van der Waals surface area contributed by atoms with E-state index in [1.807, 2.05) is 0 Å². The van der Waals surface area contributed by atoms with Crippen LogP contribution in [-0.4, -0.2) is 19.3 Å². The number of hydrogen-bond donors (Lipinski definition) is 1. The molecule has 0 aromatic heterocycles. The summed E-state index contributed by atoms with van der Waals surface area (Å²) in [6, 6.07) is 6.62. The fourth-order valence-corrected chi connectivity index (χ4v) is 2.72. The van der Waals surface area contributed by atoms with E-state index in [9.17, 15) is 0 Å². The molecule has 2 unspecified atom stereocenters. The van der Waals surface area contributed by atoms with Crippen LogP contribution in [0.4, 0.5) is 0 Å². The highest BCUT2D eigenvalue weighted by atomic mass is 16.5. The Bertz CT molecular complexity index is 369. The summed E-state index contributed by atoms with van der Waals surface area (Å²) in [6.07, 6.45) is 3.93. The molecule has 2 N–H and O–H groups in total. The third-order valence-corrected chi connectivity index (χ3v) is 3.75. The lowest BCUT2D eigenvalue weighted by atomic mass is 9.86. The molecule has 0 radical (unpaired) electrons. The first-order valence-electron chi connectivity index (χ1n) is 6.61. The van der Waals surface area contributed by atoms with Crippen LogP contribution in [0.15, 0.2) is 18.2 Å². The second kappa shape index (κ2) is 5.65. The molecule has 2 atom stereocenters. The smallest absolute Gasteiger partial charge is 0.0655 e. The Kier molecular flexibility index (Phi) is 4.19. The van der Waals surface area contributed by atoms with Crippen LogP contribution in [0.3, 0.4) is 0 Å². The van der Waals surface area contributed by atoms with E-state index in [0.29, 0.717) is 18.6 Å². The first-order valence-corrected chi connectivity index (χ1v) is 6.61. The molecule has 1 aliphatic heterocycles. The van der Waals surface area contributed by atoms with Crippen molar-refractivity contribution in [3.05, 3.63) is 34.9 Å². The zero-order chi connectivity index (χ0) is 12.3. The van der Waals surface area contributed by atoms with E-state index in [1.54, 1.807) is 0 Å². The minimum atomic E-state index is 0.314. The number of hydrogen-bond acceptors (Lipinski definition) is 2. The molecule has 0 saturated carbocycles. The van der Waals surface area contributed by atoms with Gasteiger partial charge in [-0.25, -0.2) is 0 Å². The lowest BCUT2D eigenvalue weighted by Gasteiger charge is -2.31. The molecule has 0 aliphatic carbocycles. The lowest BCUT2D eigenvalue weighted by molar-refractivity contribution is 0.000461. The van der Waals surface area contributed by atoms with Gasteiger partial charge >= 0.3 is 0 Å². The molecule has 1 heterocycles. The van der Waals surface area contributed by atoms with E-state index in [4.69, 9.17) is 10.5 Å². The van der Waals surface area contributed by atoms with Crippen LogP contribution in [0.1, 0.15) is 41.9 Å². The molecule has 0 amide bonds. The summed E-state index contributed by atoms with van der Waals surface area (Å²) in [4.78, 5) is 0. The summed E-state index contributed by atoms with van der Waals surface area (Å²) in [5.41, 5.74) is 9.99. The highest BCUT2D eigenvalue weighted by Gasteiger charge is 2.25. The third kappa shape index (κ3) is 2.88. The van der Waals surface area contributed by atoms with Gasteiger partial charge in [-0.3, -0.25) is 0 Å². The Balaban J connectivity index is 2.24. The molecule has 1 aromatic rings. The number of nitrogens with two attached hydrogens (primary N) is 1. The van der Waals surface area contributed by atoms with Gasteiger partial charge in [-0.15, -0.1) is 0 Å². The molecule has 0 bridgehead atoms. The highest BCUT2D eigenvalue weighted by molar-refractivity contribution is 5.34. The van der Waals surface area contributed by atoms with Gasteiger partial charge in [0.25, 0.3) is 0 Å². The summed E-state index contributed by atoms with van der Waals surface area (Å²) < 4.78 is 5.90. The SMILES string of the molecule is Cc1ccc(C)c(C(CN)C2CCCCO2)c1. The van der Waals surface area contributed by atoms with Crippen LogP contribution in [0, 0.1) is 13.8 Å². The molecule has 17 heavy (non-hydrogen) atoms. The molecule has 94 valence electrons. The van der Waals surface area contributed by atoms with Crippen molar-refractivity contribution < 1.29 is 4.74 Å². The van der Waals surface area contributed by atoms with Crippen LogP contribution in [0.25, 0.3) is 0 Å². The van der Waals surface area contributed by atoms with Crippen molar-refractivity contribution >= 4 is 0 Å². The summed E-state index contributed by atoms with van der Waals surface area (Å²) in [6.45, 7) is 5.87. The van der Waals surface area contributed by atoms with Crippen molar-refractivity contribution in [2.75, 3.05) is 13.2 Å². The van der Waals surface area contributed by atoms with E-state index in [2.05, 4.69) is 32.0 Å². The van der Waals surface area contributed by atoms with Gasteiger partial charge in [0.2, 0.25) is 0 Å². The Labute approximate surface area is 104 Å². The molecule has 2 heteroatoms. The zero-order valence-corrected chi connectivity index (χ0v) is 10.9. The Morgan fingerprint density at radius 2 is 2.18 bits per heavy atom. The summed E-state index contributed by atoms with van der Waals surface area (Å²) >= 11 is 0. The maximum Gasteiger partial charge on any atom is 0.0655 e. The second-order valence-electron chi connectivity index (χ2n) is 5.11. The van der Waals surface area contributed by atoms with Gasteiger partial charge in [-0.05, 0) is 44.2 Å². The van der Waals surface area contributed by atoms with Crippen LogP contribution in [0.2, 0.25) is 0 Å². The van der Waals surface area contributed by atoms with Gasteiger partial charge in [0.1, 0.15) is 0 Å². The Morgan fingerprint density at radius 3 is 2.82 bits per heavy atom. The summed E-state index contributed by atoms with van der Waals surface area (Å²) in [7, 11) is 0. The van der Waals surface area contributed by atoms with Gasteiger partial charge in [0, 0.05) is 19.1 Å². The van der Waals surface area contributed by atoms with Crippen molar-refractivity contribution in [3.63, 3.8) is 0 Å². The zero-order valence-electron chi connectivity index (χ0n) is 10.9. The van der Waals surface area contributed by atoms with Crippen molar-refractivity contribution in [1.82, 2.24) is 0 Å². The van der Waals surface area contributed by atoms with E-state index in [0.717, 1.165) is 13.0 Å². The third-order valence-electron chi connectivity index (χ3n) is 3.75. The van der Waals surface area contributed by atoms with Gasteiger partial charge in [0.15, 0.2) is 0 Å². The highest BCUT2D eigenvalue weighted by Crippen LogP contribution is 2.30. The molecule has 2 rings (SSSR count). The van der Waals surface area contributed by atoms with E-state index >= 15 is 0 Å². The first kappa shape index (κ1) is 12.6. The van der Waals surface area contributed by atoms with Crippen LogP contribution < -0.4 is 5.73 Å². The van der Waals surface area contributed by atoms with Crippen LogP contribution >= 0.6 is 0 Å². The molecule has 1 aromatic carbocycles. The van der Waals surface area contributed by atoms with E-state index in [-0.39, 0.29) is 0 Å².